The highest BCUT2D eigenvalue weighted by atomic mass is 35.5. The molecule has 0 aliphatic carbocycles. The van der Waals surface area contributed by atoms with E-state index in [2.05, 4.69) is 10.6 Å². The molecule has 0 saturated carbocycles. The van der Waals surface area contributed by atoms with Gasteiger partial charge < -0.3 is 10.6 Å². The summed E-state index contributed by atoms with van der Waals surface area (Å²) in [6.07, 6.45) is 0.379. The smallest absolute Gasteiger partial charge is 0.251 e. The van der Waals surface area contributed by atoms with Crippen molar-refractivity contribution in [3.8, 4) is 0 Å². The van der Waals surface area contributed by atoms with E-state index in [1.165, 1.54) is 6.07 Å². The largest absolute Gasteiger partial charge is 0.354 e. The summed E-state index contributed by atoms with van der Waals surface area (Å²) in [5, 5.41) is 6.08. The molecule has 0 aliphatic rings. The first-order chi connectivity index (χ1) is 12.5. The quantitative estimate of drug-likeness (QED) is 0.528. The third kappa shape index (κ3) is 6.69. The minimum atomic E-state index is -0.413. The van der Waals surface area contributed by atoms with Crippen LogP contribution < -0.4 is 10.6 Å². The Morgan fingerprint density at radius 2 is 1.77 bits per heavy atom. The van der Waals surface area contributed by atoms with Crippen molar-refractivity contribution in [2.45, 2.75) is 18.2 Å². The Morgan fingerprint density at radius 1 is 1.08 bits per heavy atom. The topological polar surface area (TPSA) is 58.2 Å². The SMILES string of the molecule is Cc1ccc(C(=O)NCCNC(=O)CCSc2ccc(Cl)cc2)cc1F. The van der Waals surface area contributed by atoms with Crippen molar-refractivity contribution < 1.29 is 14.0 Å². The Bertz CT molecular complexity index is 769. The fraction of sp³-hybridized carbons (Fsp3) is 0.263. The predicted octanol–water partition coefficient (Wildman–Crippen LogP) is 3.82. The fourth-order valence-corrected chi connectivity index (χ4v) is 3.07. The number of aryl methyl sites for hydroxylation is 1. The summed E-state index contributed by atoms with van der Waals surface area (Å²) in [7, 11) is 0. The molecule has 2 aromatic rings. The highest BCUT2D eigenvalue weighted by Gasteiger charge is 2.08. The molecule has 0 radical (unpaired) electrons. The number of hydrogen-bond acceptors (Lipinski definition) is 3. The Hall–Kier alpha value is -2.05. The molecule has 2 N–H and O–H groups in total. The van der Waals surface area contributed by atoms with Crippen LogP contribution in [0.2, 0.25) is 5.02 Å². The summed E-state index contributed by atoms with van der Waals surface area (Å²) in [6, 6.07) is 11.8. The molecule has 0 atom stereocenters. The molecule has 2 aromatic carbocycles. The van der Waals surface area contributed by atoms with E-state index in [0.29, 0.717) is 29.3 Å². The molecular weight excluding hydrogens is 375 g/mol. The van der Waals surface area contributed by atoms with Crippen LogP contribution in [-0.4, -0.2) is 30.7 Å². The molecule has 26 heavy (non-hydrogen) atoms. The molecule has 0 spiro atoms. The van der Waals surface area contributed by atoms with Gasteiger partial charge in [0.1, 0.15) is 5.82 Å². The second-order valence-electron chi connectivity index (χ2n) is 5.62. The summed E-state index contributed by atoms with van der Waals surface area (Å²) >= 11 is 7.40. The molecule has 0 fully saturated rings. The number of thioether (sulfide) groups is 1. The van der Waals surface area contributed by atoms with E-state index < -0.39 is 5.82 Å². The monoisotopic (exact) mass is 394 g/mol. The van der Waals surface area contributed by atoms with Gasteiger partial charge >= 0.3 is 0 Å². The van der Waals surface area contributed by atoms with Crippen molar-refractivity contribution in [1.29, 1.82) is 0 Å². The van der Waals surface area contributed by atoms with E-state index in [9.17, 15) is 14.0 Å². The number of halogens is 2. The first-order valence-corrected chi connectivity index (χ1v) is 9.51. The Labute approximate surface area is 161 Å². The Kier molecular flexibility index (Phi) is 7.94. The minimum absolute atomic E-state index is 0.0814. The zero-order valence-electron chi connectivity index (χ0n) is 14.4. The van der Waals surface area contributed by atoms with Crippen LogP contribution in [0.15, 0.2) is 47.4 Å². The van der Waals surface area contributed by atoms with Crippen molar-refractivity contribution >= 4 is 35.2 Å². The number of rotatable bonds is 8. The lowest BCUT2D eigenvalue weighted by Crippen LogP contribution is -2.34. The summed E-state index contributed by atoms with van der Waals surface area (Å²) in [6.45, 7) is 2.24. The Morgan fingerprint density at radius 3 is 2.46 bits per heavy atom. The maximum Gasteiger partial charge on any atom is 0.251 e. The van der Waals surface area contributed by atoms with Gasteiger partial charge in [0, 0.05) is 40.7 Å². The summed E-state index contributed by atoms with van der Waals surface area (Å²) < 4.78 is 13.4. The number of hydrogen-bond donors (Lipinski definition) is 2. The van der Waals surface area contributed by atoms with Crippen LogP contribution in [0.3, 0.4) is 0 Å². The lowest BCUT2D eigenvalue weighted by atomic mass is 10.1. The summed E-state index contributed by atoms with van der Waals surface area (Å²) in [5.74, 6) is -0.203. The zero-order chi connectivity index (χ0) is 18.9. The van der Waals surface area contributed by atoms with Gasteiger partial charge in [0.15, 0.2) is 0 Å². The first kappa shape index (κ1) is 20.3. The molecule has 0 aliphatic heterocycles. The number of carbonyl (C=O) groups is 2. The van der Waals surface area contributed by atoms with Gasteiger partial charge in [0.2, 0.25) is 5.91 Å². The molecule has 0 heterocycles. The average molecular weight is 395 g/mol. The lowest BCUT2D eigenvalue weighted by Gasteiger charge is -2.08. The maximum absolute atomic E-state index is 13.4. The maximum atomic E-state index is 13.4. The zero-order valence-corrected chi connectivity index (χ0v) is 15.9. The molecule has 0 bridgehead atoms. The van der Waals surface area contributed by atoms with E-state index in [-0.39, 0.29) is 23.9 Å². The van der Waals surface area contributed by atoms with E-state index in [1.807, 2.05) is 24.3 Å². The second-order valence-corrected chi connectivity index (χ2v) is 7.23. The van der Waals surface area contributed by atoms with E-state index in [1.54, 1.807) is 30.8 Å². The van der Waals surface area contributed by atoms with Crippen molar-refractivity contribution in [2.24, 2.45) is 0 Å². The average Bonchev–Trinajstić information content (AvgIpc) is 2.62. The lowest BCUT2D eigenvalue weighted by molar-refractivity contribution is -0.120. The molecular formula is C19H20ClFN2O2S. The standard InChI is InChI=1S/C19H20ClFN2O2S/c1-13-2-3-14(12-17(13)21)19(25)23-10-9-22-18(24)8-11-26-16-6-4-15(20)5-7-16/h2-7,12H,8-11H2,1H3,(H,22,24)(H,23,25). The number of amides is 2. The minimum Gasteiger partial charge on any atom is -0.354 e. The van der Waals surface area contributed by atoms with Crippen molar-refractivity contribution in [2.75, 3.05) is 18.8 Å². The molecule has 2 rings (SSSR count). The summed E-state index contributed by atoms with van der Waals surface area (Å²) in [4.78, 5) is 24.7. The van der Waals surface area contributed by atoms with Crippen LogP contribution in [0.5, 0.6) is 0 Å². The fourth-order valence-electron chi connectivity index (χ4n) is 2.09. The summed E-state index contributed by atoms with van der Waals surface area (Å²) in [5.41, 5.74) is 0.754. The van der Waals surface area contributed by atoms with Crippen molar-refractivity contribution in [3.63, 3.8) is 0 Å². The molecule has 0 unspecified atom stereocenters. The number of carbonyl (C=O) groups excluding carboxylic acids is 2. The molecule has 0 aromatic heterocycles. The molecule has 7 heteroatoms. The van der Waals surface area contributed by atoms with Crippen LogP contribution >= 0.6 is 23.4 Å². The molecule has 0 saturated heterocycles. The predicted molar refractivity (Wildman–Crippen MR) is 103 cm³/mol. The van der Waals surface area contributed by atoms with Gasteiger partial charge in [-0.05, 0) is 48.9 Å². The second kappa shape index (κ2) is 10.2. The normalized spacial score (nSPS) is 10.4. The van der Waals surface area contributed by atoms with Crippen LogP contribution in [0.1, 0.15) is 22.3 Å². The first-order valence-electron chi connectivity index (χ1n) is 8.15. The Balaban J connectivity index is 1.61. The van der Waals surface area contributed by atoms with Gasteiger partial charge in [-0.3, -0.25) is 9.59 Å². The van der Waals surface area contributed by atoms with Gasteiger partial charge in [-0.2, -0.15) is 0 Å². The third-order valence-electron chi connectivity index (χ3n) is 3.58. The van der Waals surface area contributed by atoms with Crippen LogP contribution in [0.25, 0.3) is 0 Å². The van der Waals surface area contributed by atoms with Gasteiger partial charge in [0.25, 0.3) is 5.91 Å². The number of nitrogens with one attached hydrogen (secondary N) is 2. The highest BCUT2D eigenvalue weighted by Crippen LogP contribution is 2.20. The van der Waals surface area contributed by atoms with Gasteiger partial charge in [-0.1, -0.05) is 17.7 Å². The van der Waals surface area contributed by atoms with E-state index in [4.69, 9.17) is 11.6 Å². The van der Waals surface area contributed by atoms with Crippen molar-refractivity contribution in [1.82, 2.24) is 10.6 Å². The van der Waals surface area contributed by atoms with Gasteiger partial charge in [0.05, 0.1) is 0 Å². The number of benzene rings is 2. The molecule has 4 nitrogen and oxygen atoms in total. The highest BCUT2D eigenvalue weighted by molar-refractivity contribution is 7.99. The third-order valence-corrected chi connectivity index (χ3v) is 4.84. The van der Waals surface area contributed by atoms with E-state index in [0.717, 1.165) is 4.90 Å². The van der Waals surface area contributed by atoms with Crippen LogP contribution in [0, 0.1) is 12.7 Å². The van der Waals surface area contributed by atoms with Gasteiger partial charge in [-0.15, -0.1) is 11.8 Å². The molecule has 138 valence electrons. The van der Waals surface area contributed by atoms with E-state index >= 15 is 0 Å². The van der Waals surface area contributed by atoms with Crippen LogP contribution in [-0.2, 0) is 4.79 Å². The molecule has 2 amide bonds. The van der Waals surface area contributed by atoms with Crippen LogP contribution in [0.4, 0.5) is 4.39 Å². The van der Waals surface area contributed by atoms with Crippen molar-refractivity contribution in [3.05, 3.63) is 64.4 Å². The van der Waals surface area contributed by atoms with Gasteiger partial charge in [-0.25, -0.2) is 4.39 Å².